The summed E-state index contributed by atoms with van der Waals surface area (Å²) in [5, 5.41) is 3.45. The van der Waals surface area contributed by atoms with E-state index in [1.807, 2.05) is 0 Å². The molecule has 0 amide bonds. The van der Waals surface area contributed by atoms with Crippen LogP contribution >= 0.6 is 15.9 Å². The van der Waals surface area contributed by atoms with Gasteiger partial charge in [-0.1, -0.05) is 48.0 Å². The molecular weight excluding hydrogens is 300 g/mol. The lowest BCUT2D eigenvalue weighted by Crippen LogP contribution is -2.45. The van der Waals surface area contributed by atoms with Crippen molar-refractivity contribution in [1.29, 1.82) is 0 Å². The molecule has 1 fully saturated rings. The largest absolute Gasteiger partial charge is 0.314 e. The first-order valence-electron chi connectivity index (χ1n) is 7.37. The van der Waals surface area contributed by atoms with Crippen molar-refractivity contribution >= 4 is 15.9 Å². The van der Waals surface area contributed by atoms with Gasteiger partial charge in [-0.15, -0.1) is 0 Å². The summed E-state index contributed by atoms with van der Waals surface area (Å²) < 4.78 is 1.25. The molecule has 1 heterocycles. The third-order valence-corrected chi connectivity index (χ3v) is 4.60. The maximum atomic E-state index is 3.73. The van der Waals surface area contributed by atoms with Gasteiger partial charge in [0, 0.05) is 36.7 Å². The highest BCUT2D eigenvalue weighted by Gasteiger charge is 2.23. The third kappa shape index (κ3) is 4.30. The Morgan fingerprint density at radius 1 is 1.16 bits per heavy atom. The van der Waals surface area contributed by atoms with Gasteiger partial charge in [-0.2, -0.15) is 0 Å². The van der Waals surface area contributed by atoms with E-state index >= 15 is 0 Å². The second kappa shape index (κ2) is 7.41. The molecule has 0 radical (unpaired) electrons. The van der Waals surface area contributed by atoms with Crippen molar-refractivity contribution in [2.75, 3.05) is 26.2 Å². The minimum absolute atomic E-state index is 0.556. The normalized spacial score (nSPS) is 18.7. The molecule has 2 nitrogen and oxygen atoms in total. The van der Waals surface area contributed by atoms with Gasteiger partial charge in [0.25, 0.3) is 0 Å². The highest BCUT2D eigenvalue weighted by molar-refractivity contribution is 9.10. The van der Waals surface area contributed by atoms with Crippen LogP contribution in [0.5, 0.6) is 0 Å². The van der Waals surface area contributed by atoms with Gasteiger partial charge in [-0.25, -0.2) is 0 Å². The van der Waals surface area contributed by atoms with Gasteiger partial charge in [0.15, 0.2) is 0 Å². The standard InChI is InChI=1S/C16H25BrN2/c1-13(2)7-8-16(19-11-9-18-10-12-19)14-5-3-4-6-15(14)17/h3-6,13,16,18H,7-12H2,1-2H3/t16-/m1/s1. The molecule has 3 heteroatoms. The van der Waals surface area contributed by atoms with E-state index in [9.17, 15) is 0 Å². The van der Waals surface area contributed by atoms with Crippen LogP contribution in [0, 0.1) is 5.92 Å². The van der Waals surface area contributed by atoms with Crippen molar-refractivity contribution < 1.29 is 0 Å². The molecule has 1 atom stereocenters. The molecule has 1 aliphatic heterocycles. The Kier molecular flexibility index (Phi) is 5.86. The summed E-state index contributed by atoms with van der Waals surface area (Å²) in [4.78, 5) is 2.64. The first-order valence-corrected chi connectivity index (χ1v) is 8.17. The van der Waals surface area contributed by atoms with Crippen molar-refractivity contribution in [3.05, 3.63) is 34.3 Å². The van der Waals surface area contributed by atoms with Crippen molar-refractivity contribution in [3.8, 4) is 0 Å². The SMILES string of the molecule is CC(C)CC[C@H](c1ccccc1Br)N1CCNCC1. The molecule has 1 saturated heterocycles. The summed E-state index contributed by atoms with van der Waals surface area (Å²) in [7, 11) is 0. The molecular formula is C16H25BrN2. The third-order valence-electron chi connectivity index (χ3n) is 3.87. The molecule has 0 aromatic heterocycles. The van der Waals surface area contributed by atoms with E-state index in [2.05, 4.69) is 64.3 Å². The molecule has 0 spiro atoms. The van der Waals surface area contributed by atoms with E-state index in [-0.39, 0.29) is 0 Å². The highest BCUT2D eigenvalue weighted by atomic mass is 79.9. The molecule has 1 aliphatic rings. The number of hydrogen-bond acceptors (Lipinski definition) is 2. The average Bonchev–Trinajstić information content (AvgIpc) is 2.42. The number of benzene rings is 1. The maximum Gasteiger partial charge on any atom is 0.0360 e. The second-order valence-corrected chi connectivity index (χ2v) is 6.65. The van der Waals surface area contributed by atoms with Gasteiger partial charge in [0.2, 0.25) is 0 Å². The number of rotatable bonds is 5. The number of nitrogens with one attached hydrogen (secondary N) is 1. The van der Waals surface area contributed by atoms with Crippen molar-refractivity contribution in [2.45, 2.75) is 32.7 Å². The summed E-state index contributed by atoms with van der Waals surface area (Å²) in [6.07, 6.45) is 2.54. The second-order valence-electron chi connectivity index (χ2n) is 5.79. The molecule has 0 aliphatic carbocycles. The fraction of sp³-hybridized carbons (Fsp3) is 0.625. The Morgan fingerprint density at radius 3 is 2.47 bits per heavy atom. The lowest BCUT2D eigenvalue weighted by atomic mass is 9.96. The molecule has 19 heavy (non-hydrogen) atoms. The van der Waals surface area contributed by atoms with Gasteiger partial charge in [-0.05, 0) is 30.4 Å². The van der Waals surface area contributed by atoms with E-state index in [0.717, 1.165) is 32.1 Å². The fourth-order valence-corrected chi connectivity index (χ4v) is 3.31. The Labute approximate surface area is 125 Å². The monoisotopic (exact) mass is 324 g/mol. The Morgan fingerprint density at radius 2 is 1.84 bits per heavy atom. The van der Waals surface area contributed by atoms with E-state index in [4.69, 9.17) is 0 Å². The molecule has 2 rings (SSSR count). The van der Waals surface area contributed by atoms with Gasteiger partial charge in [-0.3, -0.25) is 4.90 Å². The smallest absolute Gasteiger partial charge is 0.0360 e. The maximum absolute atomic E-state index is 3.73. The van der Waals surface area contributed by atoms with Crippen molar-refractivity contribution in [3.63, 3.8) is 0 Å². The zero-order valence-corrected chi connectivity index (χ0v) is 13.6. The quantitative estimate of drug-likeness (QED) is 0.885. The molecule has 0 bridgehead atoms. The Hall–Kier alpha value is -0.380. The van der Waals surface area contributed by atoms with Crippen LogP contribution in [0.1, 0.15) is 38.3 Å². The van der Waals surface area contributed by atoms with Gasteiger partial charge < -0.3 is 5.32 Å². The van der Waals surface area contributed by atoms with Crippen LogP contribution in [0.25, 0.3) is 0 Å². The van der Waals surface area contributed by atoms with Crippen molar-refractivity contribution in [1.82, 2.24) is 10.2 Å². The predicted octanol–water partition coefficient (Wildman–Crippen LogP) is 3.83. The molecule has 106 valence electrons. The molecule has 1 aromatic carbocycles. The molecule has 1 N–H and O–H groups in total. The summed E-state index contributed by atoms with van der Waals surface area (Å²) in [5.41, 5.74) is 1.45. The zero-order valence-electron chi connectivity index (χ0n) is 12.0. The Balaban J connectivity index is 2.15. The minimum Gasteiger partial charge on any atom is -0.314 e. The van der Waals surface area contributed by atoms with Crippen LogP contribution < -0.4 is 5.32 Å². The van der Waals surface area contributed by atoms with Crippen LogP contribution in [0.2, 0.25) is 0 Å². The first kappa shape index (κ1) is 15.0. The summed E-state index contributed by atoms with van der Waals surface area (Å²) >= 11 is 3.73. The lowest BCUT2D eigenvalue weighted by Gasteiger charge is -2.36. The minimum atomic E-state index is 0.556. The van der Waals surface area contributed by atoms with Crippen molar-refractivity contribution in [2.24, 2.45) is 5.92 Å². The van der Waals surface area contributed by atoms with E-state index in [1.54, 1.807) is 0 Å². The van der Waals surface area contributed by atoms with E-state index in [0.29, 0.717) is 6.04 Å². The van der Waals surface area contributed by atoms with Crippen LogP contribution in [0.3, 0.4) is 0 Å². The lowest BCUT2D eigenvalue weighted by molar-refractivity contribution is 0.159. The average molecular weight is 325 g/mol. The fourth-order valence-electron chi connectivity index (χ4n) is 2.77. The van der Waals surface area contributed by atoms with Crippen LogP contribution in [0.15, 0.2) is 28.7 Å². The van der Waals surface area contributed by atoms with Crippen LogP contribution in [-0.2, 0) is 0 Å². The first-order chi connectivity index (χ1) is 9.18. The Bertz CT molecular complexity index is 386. The number of hydrogen-bond donors (Lipinski definition) is 1. The zero-order chi connectivity index (χ0) is 13.7. The number of nitrogens with zero attached hydrogens (tertiary/aromatic N) is 1. The summed E-state index contributed by atoms with van der Waals surface area (Å²) in [6.45, 7) is 9.17. The van der Waals surface area contributed by atoms with Crippen LogP contribution in [-0.4, -0.2) is 31.1 Å². The number of piperazine rings is 1. The highest BCUT2D eigenvalue weighted by Crippen LogP contribution is 2.32. The van der Waals surface area contributed by atoms with Gasteiger partial charge >= 0.3 is 0 Å². The molecule has 0 saturated carbocycles. The van der Waals surface area contributed by atoms with Crippen LogP contribution in [0.4, 0.5) is 0 Å². The van der Waals surface area contributed by atoms with E-state index in [1.165, 1.54) is 22.9 Å². The number of halogens is 1. The summed E-state index contributed by atoms with van der Waals surface area (Å²) in [6, 6.07) is 9.26. The molecule has 0 unspecified atom stereocenters. The van der Waals surface area contributed by atoms with Gasteiger partial charge in [0.1, 0.15) is 0 Å². The topological polar surface area (TPSA) is 15.3 Å². The summed E-state index contributed by atoms with van der Waals surface area (Å²) in [5.74, 6) is 0.771. The molecule has 1 aromatic rings. The van der Waals surface area contributed by atoms with Gasteiger partial charge in [0.05, 0.1) is 0 Å². The van der Waals surface area contributed by atoms with E-state index < -0.39 is 0 Å². The predicted molar refractivity (Wildman–Crippen MR) is 85.4 cm³/mol.